The SMILES string of the molecule is CC(Oc1cccc(Cl)c1)C(=O)NCC(c1ccco1)N1CCCCC1. The first-order valence-electron chi connectivity index (χ1n) is 9.11. The third-order valence-corrected chi connectivity index (χ3v) is 4.89. The van der Waals surface area contributed by atoms with Gasteiger partial charge in [-0.3, -0.25) is 9.69 Å². The van der Waals surface area contributed by atoms with Crippen LogP contribution in [0.4, 0.5) is 0 Å². The molecule has 1 amide bonds. The van der Waals surface area contributed by atoms with Crippen LogP contribution in [0.1, 0.15) is 38.0 Å². The Bertz CT molecular complexity index is 699. The predicted molar refractivity (Wildman–Crippen MR) is 101 cm³/mol. The van der Waals surface area contributed by atoms with E-state index in [2.05, 4.69) is 10.2 Å². The highest BCUT2D eigenvalue weighted by Crippen LogP contribution is 2.24. The van der Waals surface area contributed by atoms with Crippen LogP contribution in [0.2, 0.25) is 5.02 Å². The van der Waals surface area contributed by atoms with Crippen molar-refractivity contribution in [2.75, 3.05) is 19.6 Å². The Kier molecular flexibility index (Phi) is 6.58. The smallest absolute Gasteiger partial charge is 0.260 e. The maximum atomic E-state index is 12.5. The lowest BCUT2D eigenvalue weighted by Gasteiger charge is -2.33. The van der Waals surface area contributed by atoms with E-state index in [4.69, 9.17) is 20.8 Å². The Balaban J connectivity index is 1.58. The quantitative estimate of drug-likeness (QED) is 0.792. The highest BCUT2D eigenvalue weighted by Gasteiger charge is 2.26. The Morgan fingerprint density at radius 3 is 2.77 bits per heavy atom. The molecule has 3 rings (SSSR count). The van der Waals surface area contributed by atoms with Crippen LogP contribution in [0.15, 0.2) is 47.1 Å². The lowest BCUT2D eigenvalue weighted by Crippen LogP contribution is -2.43. The molecule has 2 heterocycles. The summed E-state index contributed by atoms with van der Waals surface area (Å²) in [6.07, 6.45) is 4.70. The molecular formula is C20H25ClN2O3. The molecule has 5 nitrogen and oxygen atoms in total. The number of nitrogens with zero attached hydrogens (tertiary/aromatic N) is 1. The minimum absolute atomic E-state index is 0.0487. The molecule has 0 saturated carbocycles. The van der Waals surface area contributed by atoms with Gasteiger partial charge in [-0.1, -0.05) is 24.1 Å². The van der Waals surface area contributed by atoms with E-state index >= 15 is 0 Å². The van der Waals surface area contributed by atoms with Crippen LogP contribution in [0.25, 0.3) is 0 Å². The Hall–Kier alpha value is -1.98. The summed E-state index contributed by atoms with van der Waals surface area (Å²) < 4.78 is 11.3. The number of likely N-dealkylation sites (tertiary alicyclic amines) is 1. The van der Waals surface area contributed by atoms with Crippen molar-refractivity contribution in [1.82, 2.24) is 10.2 Å². The van der Waals surface area contributed by atoms with Crippen molar-refractivity contribution in [2.24, 2.45) is 0 Å². The molecule has 1 aliphatic rings. The van der Waals surface area contributed by atoms with Gasteiger partial charge in [0.15, 0.2) is 6.10 Å². The van der Waals surface area contributed by atoms with Crippen LogP contribution in [0.5, 0.6) is 5.75 Å². The highest BCUT2D eigenvalue weighted by molar-refractivity contribution is 6.30. The molecule has 140 valence electrons. The molecule has 0 spiro atoms. The van der Waals surface area contributed by atoms with Gasteiger partial charge in [-0.25, -0.2) is 0 Å². The molecule has 1 saturated heterocycles. The van der Waals surface area contributed by atoms with E-state index in [1.165, 1.54) is 19.3 Å². The first-order valence-corrected chi connectivity index (χ1v) is 9.48. The van der Waals surface area contributed by atoms with E-state index in [9.17, 15) is 4.79 Å². The summed E-state index contributed by atoms with van der Waals surface area (Å²) in [5, 5.41) is 3.59. The van der Waals surface area contributed by atoms with E-state index in [0.29, 0.717) is 17.3 Å². The van der Waals surface area contributed by atoms with Gasteiger partial charge < -0.3 is 14.5 Å². The second-order valence-corrected chi connectivity index (χ2v) is 7.03. The topological polar surface area (TPSA) is 54.7 Å². The number of carbonyl (C=O) groups is 1. The van der Waals surface area contributed by atoms with Crippen LogP contribution in [-0.4, -0.2) is 36.5 Å². The van der Waals surface area contributed by atoms with Crippen LogP contribution < -0.4 is 10.1 Å². The van der Waals surface area contributed by atoms with Crippen molar-refractivity contribution >= 4 is 17.5 Å². The van der Waals surface area contributed by atoms with E-state index < -0.39 is 6.10 Å². The van der Waals surface area contributed by atoms with Gasteiger partial charge in [-0.15, -0.1) is 0 Å². The summed E-state index contributed by atoms with van der Waals surface area (Å²) in [6.45, 7) is 4.28. The van der Waals surface area contributed by atoms with Gasteiger partial charge >= 0.3 is 0 Å². The average Bonchev–Trinajstić information content (AvgIpc) is 3.17. The number of halogens is 1. The fourth-order valence-electron chi connectivity index (χ4n) is 3.26. The summed E-state index contributed by atoms with van der Waals surface area (Å²) in [7, 11) is 0. The highest BCUT2D eigenvalue weighted by atomic mass is 35.5. The molecule has 1 aromatic carbocycles. The largest absolute Gasteiger partial charge is 0.481 e. The number of hydrogen-bond acceptors (Lipinski definition) is 4. The molecule has 1 fully saturated rings. The summed E-state index contributed by atoms with van der Waals surface area (Å²) in [6, 6.07) is 11.0. The molecule has 0 radical (unpaired) electrons. The summed E-state index contributed by atoms with van der Waals surface area (Å²) >= 11 is 5.96. The summed E-state index contributed by atoms with van der Waals surface area (Å²) in [5.74, 6) is 1.31. The molecule has 2 atom stereocenters. The van der Waals surface area contributed by atoms with Gasteiger partial charge in [0, 0.05) is 11.6 Å². The zero-order chi connectivity index (χ0) is 18.4. The van der Waals surface area contributed by atoms with Gasteiger partial charge in [0.1, 0.15) is 11.5 Å². The van der Waals surface area contributed by atoms with Crippen LogP contribution in [-0.2, 0) is 4.79 Å². The minimum atomic E-state index is -0.605. The lowest BCUT2D eigenvalue weighted by atomic mass is 10.1. The Morgan fingerprint density at radius 1 is 1.27 bits per heavy atom. The van der Waals surface area contributed by atoms with Gasteiger partial charge in [0.05, 0.1) is 12.3 Å². The molecule has 1 N–H and O–H groups in total. The molecule has 6 heteroatoms. The van der Waals surface area contributed by atoms with Crippen molar-refractivity contribution < 1.29 is 13.9 Å². The second-order valence-electron chi connectivity index (χ2n) is 6.59. The monoisotopic (exact) mass is 376 g/mol. The van der Waals surface area contributed by atoms with E-state index in [0.717, 1.165) is 18.8 Å². The summed E-state index contributed by atoms with van der Waals surface area (Å²) in [5.41, 5.74) is 0. The lowest BCUT2D eigenvalue weighted by molar-refractivity contribution is -0.127. The van der Waals surface area contributed by atoms with Crippen LogP contribution in [0.3, 0.4) is 0 Å². The summed E-state index contributed by atoms with van der Waals surface area (Å²) in [4.78, 5) is 14.9. The zero-order valence-electron chi connectivity index (χ0n) is 15.0. The molecule has 1 aromatic heterocycles. The molecule has 0 aliphatic carbocycles. The van der Waals surface area contributed by atoms with E-state index in [1.54, 1.807) is 37.5 Å². The van der Waals surface area contributed by atoms with E-state index in [-0.39, 0.29) is 11.9 Å². The third-order valence-electron chi connectivity index (χ3n) is 4.65. The maximum absolute atomic E-state index is 12.5. The van der Waals surface area contributed by atoms with Crippen molar-refractivity contribution in [1.29, 1.82) is 0 Å². The van der Waals surface area contributed by atoms with Gasteiger partial charge in [0.25, 0.3) is 5.91 Å². The second kappa shape index (κ2) is 9.10. The first kappa shape index (κ1) is 18.8. The van der Waals surface area contributed by atoms with Crippen molar-refractivity contribution in [3.63, 3.8) is 0 Å². The van der Waals surface area contributed by atoms with Crippen molar-refractivity contribution in [3.05, 3.63) is 53.4 Å². The maximum Gasteiger partial charge on any atom is 0.260 e. The molecular weight excluding hydrogens is 352 g/mol. The van der Waals surface area contributed by atoms with Gasteiger partial charge in [0.2, 0.25) is 0 Å². The molecule has 26 heavy (non-hydrogen) atoms. The van der Waals surface area contributed by atoms with Crippen LogP contribution >= 0.6 is 11.6 Å². The Labute approximate surface area is 159 Å². The van der Waals surface area contributed by atoms with Gasteiger partial charge in [-0.05, 0) is 63.2 Å². The fourth-order valence-corrected chi connectivity index (χ4v) is 3.44. The number of amides is 1. The number of ether oxygens (including phenoxy) is 1. The number of benzene rings is 1. The minimum Gasteiger partial charge on any atom is -0.481 e. The number of rotatable bonds is 7. The van der Waals surface area contributed by atoms with Crippen molar-refractivity contribution in [2.45, 2.75) is 38.3 Å². The number of piperidine rings is 1. The molecule has 2 aromatic rings. The molecule has 2 unspecified atom stereocenters. The Morgan fingerprint density at radius 2 is 2.08 bits per heavy atom. The number of furan rings is 1. The number of carbonyl (C=O) groups excluding carboxylic acids is 1. The van der Waals surface area contributed by atoms with Crippen LogP contribution in [0, 0.1) is 0 Å². The third kappa shape index (κ3) is 5.02. The average molecular weight is 377 g/mol. The molecule has 1 aliphatic heterocycles. The zero-order valence-corrected chi connectivity index (χ0v) is 15.7. The van der Waals surface area contributed by atoms with E-state index in [1.807, 2.05) is 12.1 Å². The number of nitrogens with one attached hydrogen (secondary N) is 1. The predicted octanol–water partition coefficient (Wildman–Crippen LogP) is 4.04. The normalized spacial score (nSPS) is 17.5. The number of hydrogen-bond donors (Lipinski definition) is 1. The standard InChI is InChI=1S/C20H25ClN2O3/c1-15(26-17-8-5-7-16(21)13-17)20(24)22-14-18(19-9-6-12-25-19)23-10-3-2-4-11-23/h5-9,12-13,15,18H,2-4,10-11,14H2,1H3,(H,22,24). The molecule has 0 bridgehead atoms. The van der Waals surface area contributed by atoms with Gasteiger partial charge in [-0.2, -0.15) is 0 Å². The first-order chi connectivity index (χ1) is 12.6. The fraction of sp³-hybridized carbons (Fsp3) is 0.450. The van der Waals surface area contributed by atoms with Crippen molar-refractivity contribution in [3.8, 4) is 5.75 Å².